The van der Waals surface area contributed by atoms with Crippen molar-refractivity contribution in [3.63, 3.8) is 0 Å². The zero-order valence-corrected chi connectivity index (χ0v) is 20.1. The van der Waals surface area contributed by atoms with Gasteiger partial charge < -0.3 is 8.98 Å². The molecule has 0 saturated heterocycles. The van der Waals surface area contributed by atoms with Crippen LogP contribution in [0, 0.1) is 20.8 Å². The number of aryl methyl sites for hydroxylation is 2. The molecule has 0 unspecified atom stereocenters. The molecule has 2 aromatic carbocycles. The Hall–Kier alpha value is -4.78. The van der Waals surface area contributed by atoms with Crippen molar-refractivity contribution in [2.24, 2.45) is 5.10 Å². The number of rotatable bonds is 4. The molecule has 0 amide bonds. The average molecular weight is 474 g/mol. The molecule has 0 aliphatic heterocycles. The number of pyridine rings is 1. The first-order chi connectivity index (χ1) is 17.5. The minimum absolute atomic E-state index is 0.263. The Balaban J connectivity index is 1.52. The van der Waals surface area contributed by atoms with Crippen molar-refractivity contribution in [1.82, 2.24) is 19.2 Å². The third kappa shape index (κ3) is 3.62. The number of fused-ring (bicyclic) bond motifs is 2. The molecule has 0 saturated carbocycles. The monoisotopic (exact) mass is 473 g/mol. The molecule has 6 rings (SSSR count). The molecule has 0 aliphatic carbocycles. The maximum Gasteiger partial charge on any atom is 0.282 e. The Bertz CT molecular complexity index is 1820. The third-order valence-corrected chi connectivity index (χ3v) is 6.31. The van der Waals surface area contributed by atoms with E-state index in [2.05, 4.69) is 14.7 Å². The van der Waals surface area contributed by atoms with E-state index in [1.165, 1.54) is 4.68 Å². The number of benzene rings is 2. The molecule has 0 fully saturated rings. The minimum Gasteiger partial charge on any atom is -0.453 e. The van der Waals surface area contributed by atoms with Gasteiger partial charge in [0.2, 0.25) is 5.82 Å². The SMILES string of the molecule is Cc1ccnc(-n2c(C)cc(C=Nn3c(-c4cc5ccccc5o4)nc4ccccc4c3=O)c2C)c1. The van der Waals surface area contributed by atoms with Gasteiger partial charge in [0.25, 0.3) is 5.56 Å². The standard InChI is InChI=1S/C29H23N5O2/c1-18-12-13-30-27(14-18)33-19(2)15-22(20(33)3)17-31-34-28(26-16-21-8-4-7-11-25(21)36-26)32-24-10-6-5-9-23(24)29(34)35/h4-17H,1-3H3. The largest absolute Gasteiger partial charge is 0.453 e. The summed E-state index contributed by atoms with van der Waals surface area (Å²) in [5.41, 5.74) is 5.06. The quantitative estimate of drug-likeness (QED) is 0.303. The second-order valence-electron chi connectivity index (χ2n) is 8.82. The average Bonchev–Trinajstić information content (AvgIpc) is 3.43. The molecule has 0 radical (unpaired) electrons. The molecule has 4 aromatic heterocycles. The first-order valence-corrected chi connectivity index (χ1v) is 11.7. The molecule has 4 heterocycles. The highest BCUT2D eigenvalue weighted by Crippen LogP contribution is 2.27. The maximum atomic E-state index is 13.5. The Morgan fingerprint density at radius 2 is 1.75 bits per heavy atom. The number of furan rings is 1. The van der Waals surface area contributed by atoms with Crippen molar-refractivity contribution in [3.05, 3.63) is 112 Å². The molecule has 7 heteroatoms. The van der Waals surface area contributed by atoms with Crippen LogP contribution >= 0.6 is 0 Å². The van der Waals surface area contributed by atoms with Crippen LogP contribution in [0.15, 0.2) is 93.3 Å². The molecule has 0 aliphatic rings. The highest BCUT2D eigenvalue weighted by molar-refractivity contribution is 5.85. The summed E-state index contributed by atoms with van der Waals surface area (Å²) in [5.74, 6) is 1.67. The van der Waals surface area contributed by atoms with Gasteiger partial charge in [-0.3, -0.25) is 4.79 Å². The number of aromatic nitrogens is 4. The van der Waals surface area contributed by atoms with E-state index in [1.54, 1.807) is 18.5 Å². The van der Waals surface area contributed by atoms with Gasteiger partial charge in [0.15, 0.2) is 5.76 Å². The van der Waals surface area contributed by atoms with Crippen LogP contribution < -0.4 is 5.56 Å². The molecule has 0 spiro atoms. The van der Waals surface area contributed by atoms with Crippen LogP contribution in [-0.2, 0) is 0 Å². The molecule has 6 aromatic rings. The second-order valence-corrected chi connectivity index (χ2v) is 8.82. The van der Waals surface area contributed by atoms with Crippen LogP contribution in [0.5, 0.6) is 0 Å². The smallest absolute Gasteiger partial charge is 0.282 e. The summed E-state index contributed by atoms with van der Waals surface area (Å²) >= 11 is 0. The molecule has 0 bridgehead atoms. The first-order valence-electron chi connectivity index (χ1n) is 11.7. The zero-order chi connectivity index (χ0) is 24.8. The zero-order valence-electron chi connectivity index (χ0n) is 20.1. The van der Waals surface area contributed by atoms with Gasteiger partial charge in [-0.2, -0.15) is 9.78 Å². The van der Waals surface area contributed by atoms with Gasteiger partial charge in [0, 0.05) is 28.5 Å². The van der Waals surface area contributed by atoms with Gasteiger partial charge in [-0.15, -0.1) is 0 Å². The van der Waals surface area contributed by atoms with E-state index in [-0.39, 0.29) is 5.56 Å². The lowest BCUT2D eigenvalue weighted by Crippen LogP contribution is -2.20. The van der Waals surface area contributed by atoms with Crippen LogP contribution in [0.2, 0.25) is 0 Å². The minimum atomic E-state index is -0.263. The highest BCUT2D eigenvalue weighted by Gasteiger charge is 2.17. The van der Waals surface area contributed by atoms with Crippen LogP contribution in [-0.4, -0.2) is 25.4 Å². The topological polar surface area (TPSA) is 78.2 Å². The van der Waals surface area contributed by atoms with Crippen LogP contribution in [0.25, 0.3) is 39.3 Å². The van der Waals surface area contributed by atoms with Gasteiger partial charge >= 0.3 is 0 Å². The predicted molar refractivity (Wildman–Crippen MR) is 142 cm³/mol. The fraction of sp³-hybridized carbons (Fsp3) is 0.103. The van der Waals surface area contributed by atoms with E-state index >= 15 is 0 Å². The second kappa shape index (κ2) is 8.46. The van der Waals surface area contributed by atoms with Crippen LogP contribution in [0.3, 0.4) is 0 Å². The summed E-state index contributed by atoms with van der Waals surface area (Å²) in [4.78, 5) is 22.8. The molecular weight excluding hydrogens is 450 g/mol. The van der Waals surface area contributed by atoms with Crippen molar-refractivity contribution in [2.45, 2.75) is 20.8 Å². The number of hydrogen-bond acceptors (Lipinski definition) is 5. The highest BCUT2D eigenvalue weighted by atomic mass is 16.3. The molecule has 36 heavy (non-hydrogen) atoms. The van der Waals surface area contributed by atoms with E-state index < -0.39 is 0 Å². The fourth-order valence-electron chi connectivity index (χ4n) is 4.52. The van der Waals surface area contributed by atoms with E-state index in [9.17, 15) is 4.79 Å². The van der Waals surface area contributed by atoms with Crippen molar-refractivity contribution in [3.8, 4) is 17.4 Å². The summed E-state index contributed by atoms with van der Waals surface area (Å²) in [6.07, 6.45) is 3.50. The lowest BCUT2D eigenvalue weighted by molar-refractivity contribution is 0.616. The Morgan fingerprint density at radius 1 is 0.944 bits per heavy atom. The number of para-hydroxylation sites is 2. The maximum absolute atomic E-state index is 13.5. The summed E-state index contributed by atoms with van der Waals surface area (Å²) in [6, 6.07) is 22.9. The number of hydrogen-bond donors (Lipinski definition) is 0. The lowest BCUT2D eigenvalue weighted by Gasteiger charge is -2.09. The van der Waals surface area contributed by atoms with E-state index in [0.29, 0.717) is 22.5 Å². The normalized spacial score (nSPS) is 11.8. The van der Waals surface area contributed by atoms with Crippen LogP contribution in [0.4, 0.5) is 0 Å². The summed E-state index contributed by atoms with van der Waals surface area (Å²) in [7, 11) is 0. The van der Waals surface area contributed by atoms with E-state index in [1.807, 2.05) is 87.5 Å². The van der Waals surface area contributed by atoms with Gasteiger partial charge in [-0.1, -0.05) is 30.3 Å². The molecule has 0 atom stereocenters. The Kier molecular flexibility index (Phi) is 5.11. The summed E-state index contributed by atoms with van der Waals surface area (Å²) < 4.78 is 9.45. The van der Waals surface area contributed by atoms with Gasteiger partial charge in [-0.05, 0) is 68.8 Å². The van der Waals surface area contributed by atoms with Gasteiger partial charge in [0.05, 0.1) is 17.1 Å². The van der Waals surface area contributed by atoms with Crippen molar-refractivity contribution in [2.75, 3.05) is 0 Å². The van der Waals surface area contributed by atoms with E-state index in [0.717, 1.165) is 39.3 Å². The summed E-state index contributed by atoms with van der Waals surface area (Å²) in [5, 5.41) is 6.04. The van der Waals surface area contributed by atoms with Crippen molar-refractivity contribution >= 4 is 28.1 Å². The van der Waals surface area contributed by atoms with Crippen molar-refractivity contribution in [1.29, 1.82) is 0 Å². The Morgan fingerprint density at radius 3 is 2.58 bits per heavy atom. The lowest BCUT2D eigenvalue weighted by atomic mass is 10.2. The third-order valence-electron chi connectivity index (χ3n) is 6.31. The molecular formula is C29H23N5O2. The predicted octanol–water partition coefficient (Wildman–Crippen LogP) is 5.80. The Labute approximate surface area is 207 Å². The summed E-state index contributed by atoms with van der Waals surface area (Å²) in [6.45, 7) is 6.08. The first kappa shape index (κ1) is 21.7. The molecule has 0 N–H and O–H groups in total. The van der Waals surface area contributed by atoms with Gasteiger partial charge in [-0.25, -0.2) is 9.97 Å². The van der Waals surface area contributed by atoms with Crippen molar-refractivity contribution < 1.29 is 4.42 Å². The molecule has 176 valence electrons. The van der Waals surface area contributed by atoms with E-state index in [4.69, 9.17) is 9.40 Å². The van der Waals surface area contributed by atoms with Crippen LogP contribution in [0.1, 0.15) is 22.5 Å². The van der Waals surface area contributed by atoms with Gasteiger partial charge in [0.1, 0.15) is 11.4 Å². The number of nitrogens with zero attached hydrogens (tertiary/aromatic N) is 5. The fourth-order valence-corrected chi connectivity index (χ4v) is 4.52. The molecule has 7 nitrogen and oxygen atoms in total.